The van der Waals surface area contributed by atoms with E-state index in [9.17, 15) is 0 Å². The molecule has 0 aromatic carbocycles. The van der Waals surface area contributed by atoms with E-state index in [0.717, 1.165) is 5.69 Å². The van der Waals surface area contributed by atoms with Gasteiger partial charge in [-0.2, -0.15) is 10.4 Å². The first kappa shape index (κ1) is 11.7. The maximum atomic E-state index is 5.44. The highest BCUT2D eigenvalue weighted by Gasteiger charge is 2.38. The van der Waals surface area contributed by atoms with Crippen LogP contribution >= 0.6 is 0 Å². The first-order chi connectivity index (χ1) is 10.4. The molecule has 0 fully saturated rings. The van der Waals surface area contributed by atoms with Crippen LogP contribution in [-0.4, -0.2) is 28.1 Å². The van der Waals surface area contributed by atoms with Crippen LogP contribution in [0.25, 0.3) is 11.5 Å². The van der Waals surface area contributed by atoms with Crippen LogP contribution < -0.4 is 5.43 Å². The molecule has 1 N–H and O–H groups in total. The molecule has 1 atom stereocenters. The lowest BCUT2D eigenvalue weighted by atomic mass is 10.2. The van der Waals surface area contributed by atoms with Crippen molar-refractivity contribution in [3.05, 3.63) is 49.1 Å². The third-order valence-electron chi connectivity index (χ3n) is 3.18. The van der Waals surface area contributed by atoms with E-state index < -0.39 is 0 Å². The van der Waals surface area contributed by atoms with Crippen LogP contribution in [0.15, 0.2) is 68.6 Å². The van der Waals surface area contributed by atoms with Gasteiger partial charge in [-0.15, -0.1) is 0 Å². The molecule has 0 aliphatic carbocycles. The molecule has 7 nitrogen and oxygen atoms in total. The van der Waals surface area contributed by atoms with Crippen molar-refractivity contribution in [2.45, 2.75) is 0 Å². The lowest BCUT2D eigenvalue weighted by Crippen LogP contribution is -2.48. The Morgan fingerprint density at radius 1 is 1.19 bits per heavy atom. The van der Waals surface area contributed by atoms with Gasteiger partial charge < -0.3 is 4.42 Å². The molecule has 0 saturated heterocycles. The molecule has 21 heavy (non-hydrogen) atoms. The van der Waals surface area contributed by atoms with Gasteiger partial charge in [-0.25, -0.2) is 0 Å². The fourth-order valence-corrected chi connectivity index (χ4v) is 2.21. The zero-order valence-corrected chi connectivity index (χ0v) is 10.9. The van der Waals surface area contributed by atoms with E-state index in [2.05, 4.69) is 25.5 Å². The predicted molar refractivity (Wildman–Crippen MR) is 79.4 cm³/mol. The number of furan rings is 1. The topological polar surface area (TPSA) is 75.1 Å². The van der Waals surface area contributed by atoms with Crippen molar-refractivity contribution in [2.24, 2.45) is 15.1 Å². The molecule has 0 amide bonds. The minimum Gasteiger partial charge on any atom is -0.463 e. The second kappa shape index (κ2) is 4.50. The van der Waals surface area contributed by atoms with Crippen molar-refractivity contribution < 1.29 is 9.12 Å². The molecule has 0 saturated carbocycles. The minimum absolute atomic E-state index is 0.0307. The summed E-state index contributed by atoms with van der Waals surface area (Å²) in [7, 11) is 0. The average Bonchev–Trinajstić information content (AvgIpc) is 3.17. The molecule has 2 aliphatic heterocycles. The number of anilines is 1. The molecule has 1 unspecified atom stereocenters. The van der Waals surface area contributed by atoms with E-state index in [0.29, 0.717) is 17.3 Å². The number of amidine groups is 1. The molecule has 2 aromatic rings. The summed E-state index contributed by atoms with van der Waals surface area (Å²) >= 11 is 0. The molecule has 2 aromatic heterocycles. The summed E-state index contributed by atoms with van der Waals surface area (Å²) in [6.45, 7) is 0. The Labute approximate surface area is 120 Å². The van der Waals surface area contributed by atoms with Crippen LogP contribution in [-0.2, 0) is 0 Å². The van der Waals surface area contributed by atoms with Crippen molar-refractivity contribution in [3.63, 3.8) is 0 Å². The van der Waals surface area contributed by atoms with Crippen molar-refractivity contribution in [3.8, 4) is 11.5 Å². The summed E-state index contributed by atoms with van der Waals surface area (Å²) in [6.07, 6.45) is 10.0. The van der Waals surface area contributed by atoms with E-state index in [1.807, 2.05) is 24.3 Å². The highest BCUT2D eigenvalue weighted by Crippen LogP contribution is 2.29. The monoisotopic (exact) mass is 279 g/mol. The number of rotatable bonds is 3. The van der Waals surface area contributed by atoms with E-state index in [1.54, 1.807) is 31.1 Å². The Kier molecular flexibility index (Phi) is 2.51. The van der Waals surface area contributed by atoms with Crippen LogP contribution in [0.1, 0.15) is 0 Å². The Morgan fingerprint density at radius 2 is 2.19 bits per heavy atom. The number of nitrogens with one attached hydrogen (secondary N) is 1. The fourth-order valence-electron chi connectivity index (χ4n) is 2.21. The van der Waals surface area contributed by atoms with Crippen LogP contribution in [0.5, 0.6) is 0 Å². The third-order valence-corrected chi connectivity index (χ3v) is 3.18. The SMILES string of the molecule is C1=C[N+]2(Nc3cccnc3-c3ccco3)N=CN=C2C=N1. The molecule has 7 heteroatoms. The van der Waals surface area contributed by atoms with Crippen LogP contribution in [0.2, 0.25) is 0 Å². The number of aliphatic imine (C=N–C) groups is 2. The molecule has 102 valence electrons. The van der Waals surface area contributed by atoms with Crippen molar-refractivity contribution in [1.82, 2.24) is 4.98 Å². The van der Waals surface area contributed by atoms with Gasteiger partial charge in [0.1, 0.15) is 17.6 Å². The van der Waals surface area contributed by atoms with E-state index in [-0.39, 0.29) is 4.70 Å². The molecule has 0 spiro atoms. The standard InChI is InChI=1S/C14H11N6O/c1-3-11(14(16-5-1)12-4-2-8-21-12)19-20-7-6-15-9-13(20)17-10-18-20/h1-10,19H/q+1. The second-order valence-electron chi connectivity index (χ2n) is 4.47. The van der Waals surface area contributed by atoms with Gasteiger partial charge in [-0.05, 0) is 34.1 Å². The summed E-state index contributed by atoms with van der Waals surface area (Å²) in [5.74, 6) is 1.37. The summed E-state index contributed by atoms with van der Waals surface area (Å²) < 4.78 is 5.47. The van der Waals surface area contributed by atoms with Gasteiger partial charge in [0.25, 0.3) is 0 Å². The maximum Gasteiger partial charge on any atom is 0.305 e. The Balaban J connectivity index is 1.76. The molecule has 4 rings (SSSR count). The average molecular weight is 279 g/mol. The summed E-state index contributed by atoms with van der Waals surface area (Å²) in [6, 6.07) is 7.46. The lowest BCUT2D eigenvalue weighted by molar-refractivity contribution is -0.766. The van der Waals surface area contributed by atoms with Crippen molar-refractivity contribution in [1.29, 1.82) is 0 Å². The van der Waals surface area contributed by atoms with Gasteiger partial charge in [0.2, 0.25) is 0 Å². The second-order valence-corrected chi connectivity index (χ2v) is 4.47. The number of fused-ring (bicyclic) bond motifs is 1. The van der Waals surface area contributed by atoms with Gasteiger partial charge in [0, 0.05) is 6.20 Å². The zero-order valence-electron chi connectivity index (χ0n) is 10.9. The number of hydrogen-bond acceptors (Lipinski definition) is 6. The van der Waals surface area contributed by atoms with Crippen LogP contribution in [0.4, 0.5) is 5.69 Å². The third kappa shape index (κ3) is 1.87. The van der Waals surface area contributed by atoms with E-state index in [1.165, 1.54) is 6.34 Å². The summed E-state index contributed by atoms with van der Waals surface area (Å²) in [5, 5.41) is 4.37. The quantitative estimate of drug-likeness (QED) is 0.876. The number of aromatic nitrogens is 1. The van der Waals surface area contributed by atoms with E-state index >= 15 is 0 Å². The highest BCUT2D eigenvalue weighted by molar-refractivity contribution is 6.29. The molecule has 0 bridgehead atoms. The van der Waals surface area contributed by atoms with Crippen molar-refractivity contribution in [2.75, 3.05) is 5.43 Å². The molecular formula is C14H11N6O+. The fraction of sp³-hybridized carbons (Fsp3) is 0. The molecular weight excluding hydrogens is 268 g/mol. The largest absolute Gasteiger partial charge is 0.463 e. The van der Waals surface area contributed by atoms with E-state index in [4.69, 9.17) is 4.42 Å². The zero-order chi connectivity index (χ0) is 14.1. The number of nitrogens with zero attached hydrogens (tertiary/aromatic N) is 5. The van der Waals surface area contributed by atoms with Gasteiger partial charge in [-0.1, -0.05) is 0 Å². The minimum atomic E-state index is 0.0307. The molecule has 4 heterocycles. The first-order valence-corrected chi connectivity index (χ1v) is 6.37. The Morgan fingerprint density at radius 3 is 3.10 bits per heavy atom. The van der Waals surface area contributed by atoms with Gasteiger partial charge in [-0.3, -0.25) is 9.98 Å². The van der Waals surface area contributed by atoms with Gasteiger partial charge >= 0.3 is 5.84 Å². The highest BCUT2D eigenvalue weighted by atomic mass is 16.3. The lowest BCUT2D eigenvalue weighted by Gasteiger charge is -2.25. The van der Waals surface area contributed by atoms with Gasteiger partial charge in [0.15, 0.2) is 18.3 Å². The van der Waals surface area contributed by atoms with Gasteiger partial charge in [0.05, 0.1) is 12.5 Å². The Hall–Kier alpha value is -3.06. The number of pyridine rings is 1. The van der Waals surface area contributed by atoms with Crippen molar-refractivity contribution >= 4 is 24.1 Å². The smallest absolute Gasteiger partial charge is 0.305 e. The molecule has 0 radical (unpaired) electrons. The normalized spacial score (nSPS) is 22.2. The van der Waals surface area contributed by atoms with Crippen LogP contribution in [0.3, 0.4) is 0 Å². The summed E-state index contributed by atoms with van der Waals surface area (Å²) in [5.41, 5.74) is 4.83. The summed E-state index contributed by atoms with van der Waals surface area (Å²) in [4.78, 5) is 12.7. The number of hydrogen-bond donors (Lipinski definition) is 1. The molecule has 2 aliphatic rings. The Bertz CT molecular complexity index is 790. The van der Waals surface area contributed by atoms with Crippen LogP contribution in [0, 0.1) is 0 Å². The predicted octanol–water partition coefficient (Wildman–Crippen LogP) is 2.40. The number of quaternary nitrogens is 1. The maximum absolute atomic E-state index is 5.44. The first-order valence-electron chi connectivity index (χ1n) is 6.37.